The van der Waals surface area contributed by atoms with Gasteiger partial charge in [-0.3, -0.25) is 0 Å². The molecule has 0 aromatic heterocycles. The second kappa shape index (κ2) is 7.26. The van der Waals surface area contributed by atoms with Crippen molar-refractivity contribution in [3.63, 3.8) is 0 Å². The summed E-state index contributed by atoms with van der Waals surface area (Å²) in [6, 6.07) is 15.0. The normalized spacial score (nSPS) is 11.5. The number of hydrogen-bond acceptors (Lipinski definition) is 4. The topological polar surface area (TPSA) is 35.5 Å². The van der Waals surface area contributed by atoms with Crippen molar-refractivity contribution in [1.29, 1.82) is 0 Å². The lowest BCUT2D eigenvalue weighted by molar-refractivity contribution is 0.405. The van der Waals surface area contributed by atoms with E-state index in [4.69, 9.17) is 9.05 Å². The van der Waals surface area contributed by atoms with Crippen LogP contribution in [0.2, 0.25) is 0 Å². The van der Waals surface area contributed by atoms with Crippen molar-refractivity contribution in [2.75, 3.05) is 0 Å². The predicted molar refractivity (Wildman–Crippen MR) is 93.9 cm³/mol. The molecule has 0 radical (unpaired) electrons. The molecule has 0 amide bonds. The quantitative estimate of drug-likeness (QED) is 0.605. The number of benzene rings is 2. The molecular formula is C17H21O3PS. The Balaban J connectivity index is 2.30. The van der Waals surface area contributed by atoms with Gasteiger partial charge in [0.05, 0.1) is 0 Å². The zero-order chi connectivity index (χ0) is 16.2. The lowest BCUT2D eigenvalue weighted by Crippen LogP contribution is -2.02. The van der Waals surface area contributed by atoms with Crippen molar-refractivity contribution >= 4 is 18.2 Å². The number of hydrogen-bond donors (Lipinski definition) is 0. The molecule has 0 saturated carbocycles. The molecule has 2 aromatic carbocycles. The van der Waals surface area contributed by atoms with Gasteiger partial charge in [-0.15, -0.1) is 0 Å². The van der Waals surface area contributed by atoms with Crippen LogP contribution in [-0.2, 0) is 4.57 Å². The van der Waals surface area contributed by atoms with E-state index in [-0.39, 0.29) is 5.25 Å². The van der Waals surface area contributed by atoms with Crippen LogP contribution in [0.5, 0.6) is 11.5 Å². The van der Waals surface area contributed by atoms with Gasteiger partial charge in [-0.1, -0.05) is 50.2 Å². The Bertz CT molecular complexity index is 634. The lowest BCUT2D eigenvalue weighted by atomic mass is 10.2. The predicted octanol–water partition coefficient (Wildman–Crippen LogP) is 6.01. The highest BCUT2D eigenvalue weighted by atomic mass is 32.7. The maximum atomic E-state index is 13.2. The van der Waals surface area contributed by atoms with E-state index >= 15 is 0 Å². The van der Waals surface area contributed by atoms with E-state index in [1.165, 1.54) is 11.4 Å². The third-order valence-electron chi connectivity index (χ3n) is 2.95. The Labute approximate surface area is 136 Å². The average Bonchev–Trinajstić information content (AvgIpc) is 2.43. The van der Waals surface area contributed by atoms with E-state index in [2.05, 4.69) is 0 Å². The summed E-state index contributed by atoms with van der Waals surface area (Å²) in [6.07, 6.45) is 0. The van der Waals surface area contributed by atoms with Crippen LogP contribution in [0.25, 0.3) is 0 Å². The molecule has 0 spiro atoms. The molecule has 0 heterocycles. The minimum atomic E-state index is -3.36. The van der Waals surface area contributed by atoms with Gasteiger partial charge in [0.2, 0.25) is 0 Å². The van der Waals surface area contributed by atoms with Crippen LogP contribution >= 0.6 is 18.2 Å². The standard InChI is InChI=1S/C17H21O3PS/c1-13(2)22-21(18,19-16-11-7-5-9-14(16)3)20-17-12-8-6-10-15(17)4/h5-13H,1-4H3. The first-order valence-corrected chi connectivity index (χ1v) is 10.2. The van der Waals surface area contributed by atoms with Crippen molar-refractivity contribution in [1.82, 2.24) is 0 Å². The van der Waals surface area contributed by atoms with Crippen molar-refractivity contribution in [2.24, 2.45) is 0 Å². The lowest BCUT2D eigenvalue weighted by Gasteiger charge is -2.22. The van der Waals surface area contributed by atoms with Crippen molar-refractivity contribution in [3.8, 4) is 11.5 Å². The summed E-state index contributed by atoms with van der Waals surface area (Å²) >= 11 is 1.22. The Morgan fingerprint density at radius 2 is 1.27 bits per heavy atom. The second-order valence-electron chi connectivity index (χ2n) is 5.31. The van der Waals surface area contributed by atoms with Crippen LogP contribution in [0, 0.1) is 13.8 Å². The fourth-order valence-corrected chi connectivity index (χ4v) is 5.70. The van der Waals surface area contributed by atoms with E-state index in [1.54, 1.807) is 0 Å². The van der Waals surface area contributed by atoms with Crippen LogP contribution in [0.4, 0.5) is 0 Å². The largest absolute Gasteiger partial charge is 0.493 e. The third-order valence-corrected chi connectivity index (χ3v) is 6.95. The molecule has 2 aromatic rings. The van der Waals surface area contributed by atoms with Gasteiger partial charge >= 0.3 is 6.80 Å². The fraction of sp³-hybridized carbons (Fsp3) is 0.294. The summed E-state index contributed by atoms with van der Waals surface area (Å²) in [5, 5.41) is 0.124. The third kappa shape index (κ3) is 4.56. The van der Waals surface area contributed by atoms with Crippen molar-refractivity contribution < 1.29 is 13.6 Å². The molecule has 118 valence electrons. The summed E-state index contributed by atoms with van der Waals surface area (Å²) in [5.74, 6) is 1.18. The Morgan fingerprint density at radius 3 is 1.64 bits per heavy atom. The zero-order valence-electron chi connectivity index (χ0n) is 13.3. The summed E-state index contributed by atoms with van der Waals surface area (Å²) in [6.45, 7) is 4.44. The van der Waals surface area contributed by atoms with Crippen molar-refractivity contribution in [3.05, 3.63) is 59.7 Å². The van der Waals surface area contributed by atoms with Crippen molar-refractivity contribution in [2.45, 2.75) is 32.9 Å². The summed E-state index contributed by atoms with van der Waals surface area (Å²) in [4.78, 5) is 0. The summed E-state index contributed by atoms with van der Waals surface area (Å²) < 4.78 is 24.8. The molecule has 0 aliphatic heterocycles. The number of rotatable bonds is 6. The average molecular weight is 336 g/mol. The monoisotopic (exact) mass is 336 g/mol. The number of para-hydroxylation sites is 2. The minimum absolute atomic E-state index is 0.124. The van der Waals surface area contributed by atoms with Crippen LogP contribution in [-0.4, -0.2) is 5.25 Å². The molecule has 0 unspecified atom stereocenters. The van der Waals surface area contributed by atoms with Crippen LogP contribution in [0.15, 0.2) is 48.5 Å². The first-order chi connectivity index (χ1) is 10.4. The molecular weight excluding hydrogens is 315 g/mol. The van der Waals surface area contributed by atoms with Gasteiger partial charge in [0.1, 0.15) is 11.5 Å². The van der Waals surface area contributed by atoms with Crippen LogP contribution < -0.4 is 9.05 Å². The van der Waals surface area contributed by atoms with Gasteiger partial charge in [-0.2, -0.15) is 0 Å². The Hall–Kier alpha value is -1.38. The Morgan fingerprint density at radius 1 is 0.864 bits per heavy atom. The smallest absolute Gasteiger partial charge is 0.408 e. The molecule has 0 fully saturated rings. The molecule has 0 saturated heterocycles. The molecule has 0 N–H and O–H groups in total. The molecule has 0 atom stereocenters. The highest BCUT2D eigenvalue weighted by Crippen LogP contribution is 2.61. The van der Waals surface area contributed by atoms with Crippen LogP contribution in [0.1, 0.15) is 25.0 Å². The first-order valence-electron chi connectivity index (χ1n) is 7.18. The molecule has 3 nitrogen and oxygen atoms in total. The van der Waals surface area contributed by atoms with Gasteiger partial charge in [-0.25, -0.2) is 4.57 Å². The zero-order valence-corrected chi connectivity index (χ0v) is 15.0. The van der Waals surface area contributed by atoms with Gasteiger partial charge in [0, 0.05) is 5.25 Å². The van der Waals surface area contributed by atoms with Crippen LogP contribution in [0.3, 0.4) is 0 Å². The summed E-state index contributed by atoms with van der Waals surface area (Å²) in [7, 11) is 0. The molecule has 22 heavy (non-hydrogen) atoms. The first kappa shape index (κ1) is 17.0. The maximum Gasteiger partial charge on any atom is 0.493 e. The van der Waals surface area contributed by atoms with Gasteiger partial charge in [0.15, 0.2) is 0 Å². The molecule has 0 aliphatic carbocycles. The van der Waals surface area contributed by atoms with E-state index in [9.17, 15) is 4.57 Å². The maximum absolute atomic E-state index is 13.2. The van der Waals surface area contributed by atoms with E-state index in [0.29, 0.717) is 11.5 Å². The Kier molecular flexibility index (Phi) is 5.60. The van der Waals surface area contributed by atoms with E-state index < -0.39 is 6.80 Å². The SMILES string of the molecule is Cc1ccccc1OP(=O)(Oc1ccccc1C)SC(C)C. The molecule has 5 heteroatoms. The molecule has 0 aliphatic rings. The fourth-order valence-electron chi connectivity index (χ4n) is 1.88. The second-order valence-corrected chi connectivity index (χ2v) is 9.70. The number of aryl methyl sites for hydroxylation is 2. The van der Waals surface area contributed by atoms with Gasteiger partial charge < -0.3 is 9.05 Å². The molecule has 0 bridgehead atoms. The minimum Gasteiger partial charge on any atom is -0.408 e. The van der Waals surface area contributed by atoms with Gasteiger partial charge in [-0.05, 0) is 48.5 Å². The van der Waals surface area contributed by atoms with Gasteiger partial charge in [0.25, 0.3) is 0 Å². The highest BCUT2D eigenvalue weighted by molar-refractivity contribution is 8.55. The molecule has 2 rings (SSSR count). The highest BCUT2D eigenvalue weighted by Gasteiger charge is 2.32. The van der Waals surface area contributed by atoms with E-state index in [0.717, 1.165) is 11.1 Å². The summed E-state index contributed by atoms with van der Waals surface area (Å²) in [5.41, 5.74) is 1.86. The van der Waals surface area contributed by atoms with E-state index in [1.807, 2.05) is 76.2 Å².